The Morgan fingerprint density at radius 2 is 2.00 bits per heavy atom. The molecule has 3 heteroatoms. The smallest absolute Gasteiger partial charge is 0.163 e. The molecule has 1 aromatic carbocycles. The fourth-order valence-corrected chi connectivity index (χ4v) is 1.66. The van der Waals surface area contributed by atoms with Crippen molar-refractivity contribution in [1.82, 2.24) is 0 Å². The average Bonchev–Trinajstić information content (AvgIpc) is 2.28. The summed E-state index contributed by atoms with van der Waals surface area (Å²) in [5.41, 5.74) is 1.10. The zero-order valence-electron chi connectivity index (χ0n) is 9.42. The summed E-state index contributed by atoms with van der Waals surface area (Å²) in [5, 5.41) is 0.144. The van der Waals surface area contributed by atoms with Crippen molar-refractivity contribution in [2.24, 2.45) is 0 Å². The van der Waals surface area contributed by atoms with Crippen molar-refractivity contribution in [2.75, 3.05) is 14.2 Å². The van der Waals surface area contributed by atoms with E-state index in [2.05, 4.69) is 6.92 Å². The number of alkyl halides is 1. The molecule has 1 rings (SSSR count). The van der Waals surface area contributed by atoms with Gasteiger partial charge in [0.05, 0.1) is 14.2 Å². The lowest BCUT2D eigenvalue weighted by molar-refractivity contribution is 0.351. The second kappa shape index (κ2) is 5.86. The molecule has 0 amide bonds. The summed E-state index contributed by atoms with van der Waals surface area (Å²) in [7, 11) is 3.29. The Hall–Kier alpha value is -0.890. The minimum atomic E-state index is 0.144. The van der Waals surface area contributed by atoms with Crippen LogP contribution < -0.4 is 9.47 Å². The van der Waals surface area contributed by atoms with Crippen LogP contribution in [-0.2, 0) is 6.42 Å². The van der Waals surface area contributed by atoms with E-state index in [-0.39, 0.29) is 5.38 Å². The Labute approximate surface area is 96.2 Å². The second-order valence-corrected chi connectivity index (χ2v) is 3.98. The molecular weight excluding hydrogens is 212 g/mol. The predicted molar refractivity (Wildman–Crippen MR) is 63.2 cm³/mol. The van der Waals surface area contributed by atoms with Gasteiger partial charge in [0.2, 0.25) is 0 Å². The lowest BCUT2D eigenvalue weighted by Gasteiger charge is -2.14. The highest BCUT2D eigenvalue weighted by molar-refractivity contribution is 6.20. The Kier molecular flexibility index (Phi) is 4.76. The van der Waals surface area contributed by atoms with Crippen molar-refractivity contribution in [1.29, 1.82) is 0 Å². The highest BCUT2D eigenvalue weighted by Gasteiger charge is 2.12. The largest absolute Gasteiger partial charge is 0.493 e. The van der Waals surface area contributed by atoms with Gasteiger partial charge >= 0.3 is 0 Å². The zero-order chi connectivity index (χ0) is 11.3. The maximum absolute atomic E-state index is 6.13. The van der Waals surface area contributed by atoms with Crippen molar-refractivity contribution >= 4 is 11.6 Å². The van der Waals surface area contributed by atoms with Gasteiger partial charge in [0.15, 0.2) is 11.5 Å². The molecule has 2 nitrogen and oxygen atoms in total. The summed E-state index contributed by atoms with van der Waals surface area (Å²) in [4.78, 5) is 0. The Morgan fingerprint density at radius 3 is 2.53 bits per heavy atom. The minimum Gasteiger partial charge on any atom is -0.493 e. The molecule has 15 heavy (non-hydrogen) atoms. The second-order valence-electron chi connectivity index (χ2n) is 3.36. The highest BCUT2D eigenvalue weighted by atomic mass is 35.5. The number of para-hydroxylation sites is 1. The van der Waals surface area contributed by atoms with Gasteiger partial charge in [0, 0.05) is 5.38 Å². The first-order valence-electron chi connectivity index (χ1n) is 5.06. The van der Waals surface area contributed by atoms with E-state index in [9.17, 15) is 0 Å². The van der Waals surface area contributed by atoms with Gasteiger partial charge in [-0.2, -0.15) is 0 Å². The molecule has 0 spiro atoms. The molecule has 0 radical (unpaired) electrons. The van der Waals surface area contributed by atoms with Gasteiger partial charge in [-0.25, -0.2) is 0 Å². The molecule has 1 unspecified atom stereocenters. The summed E-state index contributed by atoms with van der Waals surface area (Å²) in [6.07, 6.45) is 1.75. The lowest BCUT2D eigenvalue weighted by Crippen LogP contribution is -2.04. The number of ether oxygens (including phenoxy) is 2. The number of hydrogen-bond acceptors (Lipinski definition) is 2. The normalized spacial score (nSPS) is 12.3. The van der Waals surface area contributed by atoms with Crippen molar-refractivity contribution in [3.63, 3.8) is 0 Å². The van der Waals surface area contributed by atoms with E-state index in [1.54, 1.807) is 14.2 Å². The quantitative estimate of drug-likeness (QED) is 0.721. The molecule has 0 aromatic heterocycles. The van der Waals surface area contributed by atoms with Crippen LogP contribution in [0.2, 0.25) is 0 Å². The maximum atomic E-state index is 6.13. The van der Waals surface area contributed by atoms with Crippen LogP contribution in [-0.4, -0.2) is 19.6 Å². The van der Waals surface area contributed by atoms with E-state index in [4.69, 9.17) is 21.1 Å². The number of methoxy groups -OCH3 is 2. The molecule has 0 aliphatic heterocycles. The van der Waals surface area contributed by atoms with Crippen LogP contribution in [0, 0.1) is 0 Å². The van der Waals surface area contributed by atoms with Gasteiger partial charge in [-0.05, 0) is 24.5 Å². The molecule has 0 saturated carbocycles. The van der Waals surface area contributed by atoms with Crippen LogP contribution in [0.1, 0.15) is 18.9 Å². The molecule has 1 atom stereocenters. The molecule has 1 aromatic rings. The summed E-state index contributed by atoms with van der Waals surface area (Å²) < 4.78 is 10.6. The fourth-order valence-electron chi connectivity index (χ4n) is 1.50. The fraction of sp³-hybridized carbons (Fsp3) is 0.500. The molecule has 0 aliphatic carbocycles. The average molecular weight is 229 g/mol. The molecule has 84 valence electrons. The van der Waals surface area contributed by atoms with Gasteiger partial charge in [-0.15, -0.1) is 11.6 Å². The number of rotatable bonds is 5. The molecule has 0 heterocycles. The third-order valence-electron chi connectivity index (χ3n) is 2.37. The van der Waals surface area contributed by atoms with E-state index in [1.165, 1.54) is 0 Å². The molecule has 0 fully saturated rings. The van der Waals surface area contributed by atoms with Gasteiger partial charge in [-0.3, -0.25) is 0 Å². The first kappa shape index (κ1) is 12.2. The first-order chi connectivity index (χ1) is 7.22. The molecule has 0 bridgehead atoms. The van der Waals surface area contributed by atoms with Crippen LogP contribution in [0.25, 0.3) is 0 Å². The molecule has 0 aliphatic rings. The number of halogens is 1. The Bertz CT molecular complexity index is 312. The van der Waals surface area contributed by atoms with Crippen LogP contribution >= 0.6 is 11.6 Å². The van der Waals surface area contributed by atoms with Crippen LogP contribution in [0.3, 0.4) is 0 Å². The van der Waals surface area contributed by atoms with E-state index >= 15 is 0 Å². The van der Waals surface area contributed by atoms with Crippen LogP contribution in [0.4, 0.5) is 0 Å². The van der Waals surface area contributed by atoms with E-state index < -0.39 is 0 Å². The summed E-state index contributed by atoms with van der Waals surface area (Å²) in [5.74, 6) is 1.55. The number of benzene rings is 1. The first-order valence-corrected chi connectivity index (χ1v) is 5.50. The Balaban J connectivity index is 2.95. The van der Waals surface area contributed by atoms with Crippen molar-refractivity contribution in [3.8, 4) is 11.5 Å². The summed E-state index contributed by atoms with van der Waals surface area (Å²) in [6.45, 7) is 2.07. The minimum absolute atomic E-state index is 0.144. The van der Waals surface area contributed by atoms with Crippen LogP contribution in [0.15, 0.2) is 18.2 Å². The predicted octanol–water partition coefficient (Wildman–Crippen LogP) is 3.26. The molecule has 0 saturated heterocycles. The van der Waals surface area contributed by atoms with E-state index in [0.29, 0.717) is 0 Å². The molecule has 0 N–H and O–H groups in total. The lowest BCUT2D eigenvalue weighted by atomic mass is 10.1. The van der Waals surface area contributed by atoms with E-state index in [1.807, 2.05) is 18.2 Å². The summed E-state index contributed by atoms with van der Waals surface area (Å²) in [6, 6.07) is 5.86. The molecular formula is C12H17ClO2. The van der Waals surface area contributed by atoms with Gasteiger partial charge in [0.1, 0.15) is 0 Å². The van der Waals surface area contributed by atoms with Crippen molar-refractivity contribution in [2.45, 2.75) is 25.1 Å². The standard InChI is InChI=1S/C12H17ClO2/c1-4-10(13)8-9-6-5-7-11(14-2)12(9)15-3/h5-7,10H,4,8H2,1-3H3. The third kappa shape index (κ3) is 3.03. The van der Waals surface area contributed by atoms with Gasteiger partial charge < -0.3 is 9.47 Å². The monoisotopic (exact) mass is 228 g/mol. The van der Waals surface area contributed by atoms with Crippen LogP contribution in [0.5, 0.6) is 11.5 Å². The third-order valence-corrected chi connectivity index (χ3v) is 2.83. The van der Waals surface area contributed by atoms with Gasteiger partial charge in [-0.1, -0.05) is 19.1 Å². The zero-order valence-corrected chi connectivity index (χ0v) is 10.2. The highest BCUT2D eigenvalue weighted by Crippen LogP contribution is 2.32. The number of hydrogen-bond donors (Lipinski definition) is 0. The van der Waals surface area contributed by atoms with Crippen molar-refractivity contribution in [3.05, 3.63) is 23.8 Å². The SMILES string of the molecule is CCC(Cl)Cc1cccc(OC)c1OC. The Morgan fingerprint density at radius 1 is 1.27 bits per heavy atom. The maximum Gasteiger partial charge on any atom is 0.163 e. The van der Waals surface area contributed by atoms with E-state index in [0.717, 1.165) is 29.9 Å². The van der Waals surface area contributed by atoms with Gasteiger partial charge in [0.25, 0.3) is 0 Å². The van der Waals surface area contributed by atoms with Crippen molar-refractivity contribution < 1.29 is 9.47 Å². The topological polar surface area (TPSA) is 18.5 Å². The summed E-state index contributed by atoms with van der Waals surface area (Å²) >= 11 is 6.13.